The highest BCUT2D eigenvalue weighted by Gasteiger charge is 2.21. The first-order valence-electron chi connectivity index (χ1n) is 7.35. The Morgan fingerprint density at radius 2 is 1.68 bits per heavy atom. The molecule has 0 heterocycles. The van der Waals surface area contributed by atoms with Crippen LogP contribution in [0, 0.1) is 0 Å². The Labute approximate surface area is 161 Å². The van der Waals surface area contributed by atoms with Crippen LogP contribution in [0.5, 0.6) is 5.75 Å². The molecule has 25 heavy (non-hydrogen) atoms. The van der Waals surface area contributed by atoms with Gasteiger partial charge < -0.3 is 20.7 Å². The van der Waals surface area contributed by atoms with Crippen LogP contribution in [0.15, 0.2) is 54.6 Å². The highest BCUT2D eigenvalue weighted by molar-refractivity contribution is 7.80. The van der Waals surface area contributed by atoms with E-state index >= 15 is 0 Å². The summed E-state index contributed by atoms with van der Waals surface area (Å²) in [7, 11) is 1.59. The van der Waals surface area contributed by atoms with Crippen molar-refractivity contribution in [1.82, 2.24) is 10.6 Å². The Morgan fingerprint density at radius 1 is 1.04 bits per heavy atom. The molecule has 0 aromatic heterocycles. The highest BCUT2D eigenvalue weighted by Crippen LogP contribution is 2.15. The maximum Gasteiger partial charge on any atom is 0.252 e. The standard InChI is InChI=1S/C17H17Cl2N3O2S/c1-24-13-9-7-12(8-10-13)20-17(25)22-15(14(18)19)21-16(23)11-5-3-2-4-6-11/h2-10,14-15H,1H3,(H,21,23)(H2,20,22,25). The Kier molecular flexibility index (Phi) is 7.31. The Morgan fingerprint density at radius 3 is 2.24 bits per heavy atom. The molecule has 0 bridgehead atoms. The minimum atomic E-state index is -0.900. The van der Waals surface area contributed by atoms with E-state index < -0.39 is 11.0 Å². The van der Waals surface area contributed by atoms with Crippen molar-refractivity contribution in [1.29, 1.82) is 0 Å². The number of nitrogens with one attached hydrogen (secondary N) is 3. The number of carbonyl (C=O) groups excluding carboxylic acids is 1. The van der Waals surface area contributed by atoms with Gasteiger partial charge >= 0.3 is 0 Å². The van der Waals surface area contributed by atoms with Gasteiger partial charge in [0, 0.05) is 11.3 Å². The van der Waals surface area contributed by atoms with Crippen molar-refractivity contribution in [3.63, 3.8) is 0 Å². The lowest BCUT2D eigenvalue weighted by Gasteiger charge is -2.23. The number of hydrogen-bond donors (Lipinski definition) is 3. The first kappa shape index (κ1) is 19.3. The first-order chi connectivity index (χ1) is 12.0. The number of benzene rings is 2. The first-order valence-corrected chi connectivity index (χ1v) is 8.63. The van der Waals surface area contributed by atoms with E-state index in [1.165, 1.54) is 0 Å². The van der Waals surface area contributed by atoms with E-state index in [1.54, 1.807) is 43.5 Å². The smallest absolute Gasteiger partial charge is 0.252 e. The van der Waals surface area contributed by atoms with Crippen molar-refractivity contribution in [2.45, 2.75) is 11.0 Å². The van der Waals surface area contributed by atoms with Gasteiger partial charge in [-0.3, -0.25) is 4.79 Å². The molecular weight excluding hydrogens is 381 g/mol. The number of carbonyl (C=O) groups is 1. The molecule has 3 N–H and O–H groups in total. The van der Waals surface area contributed by atoms with Gasteiger partial charge in [-0.1, -0.05) is 18.2 Å². The maximum absolute atomic E-state index is 12.2. The van der Waals surface area contributed by atoms with Gasteiger partial charge in [0.25, 0.3) is 5.91 Å². The molecule has 0 spiro atoms. The fraction of sp³-hybridized carbons (Fsp3) is 0.176. The molecule has 0 radical (unpaired) electrons. The average Bonchev–Trinajstić information content (AvgIpc) is 2.62. The van der Waals surface area contributed by atoms with Gasteiger partial charge in [0.1, 0.15) is 16.8 Å². The fourth-order valence-corrected chi connectivity index (χ4v) is 2.46. The molecule has 5 nitrogen and oxygen atoms in total. The van der Waals surface area contributed by atoms with E-state index in [9.17, 15) is 4.79 Å². The van der Waals surface area contributed by atoms with E-state index in [1.807, 2.05) is 18.2 Å². The van der Waals surface area contributed by atoms with Crippen LogP contribution in [0.1, 0.15) is 10.4 Å². The average molecular weight is 398 g/mol. The molecule has 1 amide bonds. The van der Waals surface area contributed by atoms with Crippen LogP contribution >= 0.6 is 35.4 Å². The van der Waals surface area contributed by atoms with E-state index in [0.717, 1.165) is 11.4 Å². The SMILES string of the molecule is COc1ccc(NC(=S)NC(NC(=O)c2ccccc2)C(Cl)Cl)cc1. The number of halogens is 2. The van der Waals surface area contributed by atoms with Crippen molar-refractivity contribution < 1.29 is 9.53 Å². The van der Waals surface area contributed by atoms with Crippen molar-refractivity contribution in [3.05, 3.63) is 60.2 Å². The van der Waals surface area contributed by atoms with Gasteiger partial charge in [0.2, 0.25) is 0 Å². The van der Waals surface area contributed by atoms with Gasteiger partial charge in [-0.2, -0.15) is 0 Å². The summed E-state index contributed by atoms with van der Waals surface area (Å²) < 4.78 is 5.10. The maximum atomic E-state index is 12.2. The van der Waals surface area contributed by atoms with Crippen LogP contribution in [-0.4, -0.2) is 29.1 Å². The molecule has 1 atom stereocenters. The summed E-state index contributed by atoms with van der Waals surface area (Å²) in [4.78, 5) is 11.3. The third-order valence-corrected chi connectivity index (χ3v) is 3.93. The molecule has 0 saturated heterocycles. The fourth-order valence-electron chi connectivity index (χ4n) is 1.96. The van der Waals surface area contributed by atoms with Gasteiger partial charge in [0.05, 0.1) is 7.11 Å². The third kappa shape index (κ3) is 6.08. The lowest BCUT2D eigenvalue weighted by molar-refractivity contribution is 0.0936. The molecule has 2 aromatic rings. The second-order valence-electron chi connectivity index (χ2n) is 4.98. The minimum absolute atomic E-state index is 0.273. The Balaban J connectivity index is 1.95. The molecular formula is C17H17Cl2N3O2S. The summed E-state index contributed by atoms with van der Waals surface area (Å²) in [5.74, 6) is 0.427. The highest BCUT2D eigenvalue weighted by atomic mass is 35.5. The van der Waals surface area contributed by atoms with Crippen LogP contribution in [0.25, 0.3) is 0 Å². The van der Waals surface area contributed by atoms with Crippen LogP contribution in [-0.2, 0) is 0 Å². The number of rotatable bonds is 6. The molecule has 2 rings (SSSR count). The number of methoxy groups -OCH3 is 1. The molecule has 0 aliphatic heterocycles. The second kappa shape index (κ2) is 9.46. The summed E-state index contributed by atoms with van der Waals surface area (Å²) in [6.07, 6.45) is -0.755. The predicted octanol–water partition coefficient (Wildman–Crippen LogP) is 3.54. The molecule has 0 fully saturated rings. The number of anilines is 1. The lowest BCUT2D eigenvalue weighted by atomic mass is 10.2. The third-order valence-electron chi connectivity index (χ3n) is 3.21. The molecule has 2 aromatic carbocycles. The Bertz CT molecular complexity index is 712. The van der Waals surface area contributed by atoms with Gasteiger partial charge in [0.15, 0.2) is 5.11 Å². The predicted molar refractivity (Wildman–Crippen MR) is 106 cm³/mol. The number of amides is 1. The van der Waals surface area contributed by atoms with Crippen LogP contribution in [0.4, 0.5) is 5.69 Å². The monoisotopic (exact) mass is 397 g/mol. The zero-order chi connectivity index (χ0) is 18.2. The zero-order valence-corrected chi connectivity index (χ0v) is 15.7. The van der Waals surface area contributed by atoms with E-state index in [0.29, 0.717) is 5.56 Å². The lowest BCUT2D eigenvalue weighted by Crippen LogP contribution is -2.52. The summed E-state index contributed by atoms with van der Waals surface area (Å²) >= 11 is 17.1. The Hall–Kier alpha value is -2.02. The summed E-state index contributed by atoms with van der Waals surface area (Å²) in [6, 6.07) is 16.0. The van der Waals surface area contributed by atoms with Gasteiger partial charge in [-0.15, -0.1) is 23.2 Å². The number of hydrogen-bond acceptors (Lipinski definition) is 3. The van der Waals surface area contributed by atoms with E-state index in [4.69, 9.17) is 40.2 Å². The van der Waals surface area contributed by atoms with Crippen LogP contribution < -0.4 is 20.7 Å². The van der Waals surface area contributed by atoms with Crippen molar-refractivity contribution >= 4 is 52.1 Å². The molecule has 1 unspecified atom stereocenters. The number of ether oxygens (including phenoxy) is 1. The molecule has 0 aliphatic carbocycles. The topological polar surface area (TPSA) is 62.4 Å². The second-order valence-corrected chi connectivity index (χ2v) is 6.55. The van der Waals surface area contributed by atoms with Gasteiger partial charge in [-0.25, -0.2) is 0 Å². The van der Waals surface area contributed by atoms with Crippen molar-refractivity contribution in [2.24, 2.45) is 0 Å². The molecule has 0 aliphatic rings. The molecule has 8 heteroatoms. The van der Waals surface area contributed by atoms with E-state index in [-0.39, 0.29) is 11.0 Å². The van der Waals surface area contributed by atoms with Crippen LogP contribution in [0.3, 0.4) is 0 Å². The zero-order valence-electron chi connectivity index (χ0n) is 13.3. The summed E-state index contributed by atoms with van der Waals surface area (Å²) in [5, 5.41) is 8.85. The molecule has 132 valence electrons. The normalized spacial score (nSPS) is 11.5. The summed E-state index contributed by atoms with van der Waals surface area (Å²) in [6.45, 7) is 0. The number of thiocarbonyl (C=S) groups is 1. The van der Waals surface area contributed by atoms with Gasteiger partial charge in [-0.05, 0) is 48.6 Å². The quantitative estimate of drug-likeness (QED) is 0.395. The number of alkyl halides is 2. The van der Waals surface area contributed by atoms with Crippen molar-refractivity contribution in [2.75, 3.05) is 12.4 Å². The molecule has 0 saturated carbocycles. The van der Waals surface area contributed by atoms with Crippen LogP contribution in [0.2, 0.25) is 0 Å². The minimum Gasteiger partial charge on any atom is -0.497 e. The largest absolute Gasteiger partial charge is 0.497 e. The van der Waals surface area contributed by atoms with Crippen molar-refractivity contribution in [3.8, 4) is 5.75 Å². The summed E-state index contributed by atoms with van der Waals surface area (Å²) in [5.41, 5.74) is 1.25. The van der Waals surface area contributed by atoms with E-state index in [2.05, 4.69) is 16.0 Å².